The van der Waals surface area contributed by atoms with Gasteiger partial charge < -0.3 is 15.7 Å². The number of carbonyl (C=O) groups is 1. The second-order valence-corrected chi connectivity index (χ2v) is 3.70. The Morgan fingerprint density at radius 1 is 1.44 bits per heavy atom. The first-order valence-corrected chi connectivity index (χ1v) is 5.36. The lowest BCUT2D eigenvalue weighted by atomic mass is 10.2. The largest absolute Gasteiger partial charge is 0.395 e. The second-order valence-electron chi connectivity index (χ2n) is 3.70. The molecule has 88 valence electrons. The fraction of sp³-hybridized carbons (Fsp3) is 0.417. The van der Waals surface area contributed by atoms with Crippen LogP contribution < -0.4 is 10.6 Å². The van der Waals surface area contributed by atoms with Crippen LogP contribution in [0.3, 0.4) is 0 Å². The lowest BCUT2D eigenvalue weighted by Gasteiger charge is -2.14. The average Bonchev–Trinajstić information content (AvgIpc) is 2.28. The quantitative estimate of drug-likeness (QED) is 0.693. The zero-order valence-corrected chi connectivity index (χ0v) is 9.66. The maximum absolute atomic E-state index is 11.7. The van der Waals surface area contributed by atoms with Crippen molar-refractivity contribution >= 4 is 11.6 Å². The van der Waals surface area contributed by atoms with Crippen LogP contribution in [0.2, 0.25) is 0 Å². The number of aliphatic hydroxyl groups is 1. The molecule has 0 aliphatic carbocycles. The smallest absolute Gasteiger partial charge is 0.241 e. The van der Waals surface area contributed by atoms with Crippen LogP contribution >= 0.6 is 0 Å². The van der Waals surface area contributed by atoms with Crippen molar-refractivity contribution in [3.05, 3.63) is 29.8 Å². The fourth-order valence-corrected chi connectivity index (χ4v) is 1.33. The summed E-state index contributed by atoms with van der Waals surface area (Å²) >= 11 is 0. The molecule has 0 saturated heterocycles. The van der Waals surface area contributed by atoms with Crippen LogP contribution in [0.25, 0.3) is 0 Å². The van der Waals surface area contributed by atoms with Crippen LogP contribution in [0.1, 0.15) is 12.5 Å². The molecule has 4 nitrogen and oxygen atoms in total. The molecule has 0 spiro atoms. The SMILES string of the molecule is Cc1ccccc1NC(=O)C(C)NCCO. The summed E-state index contributed by atoms with van der Waals surface area (Å²) in [5.41, 5.74) is 1.86. The summed E-state index contributed by atoms with van der Waals surface area (Å²) in [5.74, 6) is -0.0947. The number of nitrogens with one attached hydrogen (secondary N) is 2. The topological polar surface area (TPSA) is 61.4 Å². The van der Waals surface area contributed by atoms with Gasteiger partial charge in [-0.2, -0.15) is 0 Å². The van der Waals surface area contributed by atoms with Crippen molar-refractivity contribution in [2.75, 3.05) is 18.5 Å². The third-order valence-electron chi connectivity index (χ3n) is 2.36. The highest BCUT2D eigenvalue weighted by Crippen LogP contribution is 2.13. The van der Waals surface area contributed by atoms with Gasteiger partial charge in [0.1, 0.15) is 0 Å². The first-order chi connectivity index (χ1) is 7.65. The normalized spacial score (nSPS) is 12.2. The minimum absolute atomic E-state index is 0.0297. The van der Waals surface area contributed by atoms with Crippen LogP contribution in [-0.2, 0) is 4.79 Å². The first-order valence-electron chi connectivity index (χ1n) is 5.36. The summed E-state index contributed by atoms with van der Waals surface area (Å²) in [5, 5.41) is 14.4. The summed E-state index contributed by atoms with van der Waals surface area (Å²) in [6, 6.07) is 7.31. The van der Waals surface area contributed by atoms with E-state index in [9.17, 15) is 4.79 Å². The number of hydrogen-bond acceptors (Lipinski definition) is 3. The number of benzene rings is 1. The maximum Gasteiger partial charge on any atom is 0.241 e. The molecule has 3 N–H and O–H groups in total. The van der Waals surface area contributed by atoms with E-state index < -0.39 is 0 Å². The molecule has 4 heteroatoms. The average molecular weight is 222 g/mol. The van der Waals surface area contributed by atoms with Gasteiger partial charge in [-0.1, -0.05) is 18.2 Å². The van der Waals surface area contributed by atoms with Gasteiger partial charge in [0.2, 0.25) is 5.91 Å². The minimum Gasteiger partial charge on any atom is -0.395 e. The minimum atomic E-state index is -0.313. The van der Waals surface area contributed by atoms with E-state index in [1.807, 2.05) is 31.2 Å². The zero-order chi connectivity index (χ0) is 12.0. The molecule has 1 aromatic carbocycles. The summed E-state index contributed by atoms with van der Waals surface area (Å²) < 4.78 is 0. The third-order valence-corrected chi connectivity index (χ3v) is 2.36. The summed E-state index contributed by atoms with van der Waals surface area (Å²) in [6.07, 6.45) is 0. The lowest BCUT2D eigenvalue weighted by molar-refractivity contribution is -0.117. The molecule has 1 rings (SSSR count). The van der Waals surface area contributed by atoms with Crippen LogP contribution in [0.5, 0.6) is 0 Å². The highest BCUT2D eigenvalue weighted by atomic mass is 16.3. The number of carbonyl (C=O) groups excluding carboxylic acids is 1. The number of aryl methyl sites for hydroxylation is 1. The Kier molecular flexibility index (Phi) is 4.95. The van der Waals surface area contributed by atoms with E-state index in [2.05, 4.69) is 10.6 Å². The van der Waals surface area contributed by atoms with Gasteiger partial charge in [-0.25, -0.2) is 0 Å². The van der Waals surface area contributed by atoms with Crippen molar-refractivity contribution in [1.29, 1.82) is 0 Å². The van der Waals surface area contributed by atoms with E-state index in [-0.39, 0.29) is 18.6 Å². The van der Waals surface area contributed by atoms with Crippen LogP contribution in [-0.4, -0.2) is 30.2 Å². The molecular weight excluding hydrogens is 204 g/mol. The molecule has 0 fully saturated rings. The molecule has 1 unspecified atom stereocenters. The van der Waals surface area contributed by atoms with E-state index >= 15 is 0 Å². The number of aliphatic hydroxyl groups excluding tert-OH is 1. The van der Waals surface area contributed by atoms with Crippen molar-refractivity contribution in [1.82, 2.24) is 5.32 Å². The molecule has 1 amide bonds. The predicted molar refractivity (Wildman–Crippen MR) is 64.4 cm³/mol. The number of anilines is 1. The molecule has 0 bridgehead atoms. The Labute approximate surface area is 95.7 Å². The van der Waals surface area contributed by atoms with Gasteiger partial charge in [-0.05, 0) is 25.5 Å². The van der Waals surface area contributed by atoms with Crippen LogP contribution in [0, 0.1) is 6.92 Å². The second kappa shape index (κ2) is 6.25. The van der Waals surface area contributed by atoms with E-state index in [1.165, 1.54) is 0 Å². The van der Waals surface area contributed by atoms with Crippen molar-refractivity contribution in [2.24, 2.45) is 0 Å². The lowest BCUT2D eigenvalue weighted by Crippen LogP contribution is -2.39. The van der Waals surface area contributed by atoms with Gasteiger partial charge in [-0.15, -0.1) is 0 Å². The van der Waals surface area contributed by atoms with Gasteiger partial charge in [-0.3, -0.25) is 4.79 Å². The molecule has 0 aliphatic rings. The van der Waals surface area contributed by atoms with Crippen molar-refractivity contribution < 1.29 is 9.90 Å². The Morgan fingerprint density at radius 2 is 2.12 bits per heavy atom. The maximum atomic E-state index is 11.7. The Morgan fingerprint density at radius 3 is 2.75 bits per heavy atom. The fourth-order valence-electron chi connectivity index (χ4n) is 1.33. The zero-order valence-electron chi connectivity index (χ0n) is 9.66. The van der Waals surface area contributed by atoms with Gasteiger partial charge >= 0.3 is 0 Å². The first kappa shape index (κ1) is 12.7. The van der Waals surface area contributed by atoms with Crippen LogP contribution in [0.15, 0.2) is 24.3 Å². The molecule has 1 aromatic rings. The van der Waals surface area contributed by atoms with Gasteiger partial charge in [0.05, 0.1) is 12.6 Å². The van der Waals surface area contributed by atoms with Gasteiger partial charge in [0.15, 0.2) is 0 Å². The Bertz CT molecular complexity index is 353. The summed E-state index contributed by atoms with van der Waals surface area (Å²) in [6.45, 7) is 4.16. The number of rotatable bonds is 5. The molecule has 0 radical (unpaired) electrons. The molecular formula is C12H18N2O2. The highest BCUT2D eigenvalue weighted by molar-refractivity contribution is 5.95. The monoisotopic (exact) mass is 222 g/mol. The molecule has 0 aliphatic heterocycles. The van der Waals surface area contributed by atoms with Crippen molar-refractivity contribution in [3.8, 4) is 0 Å². The third kappa shape index (κ3) is 3.64. The standard InChI is InChI=1S/C12H18N2O2/c1-9-5-3-4-6-11(9)14-12(16)10(2)13-7-8-15/h3-6,10,13,15H,7-8H2,1-2H3,(H,14,16). The van der Waals surface area contributed by atoms with Gasteiger partial charge in [0.25, 0.3) is 0 Å². The number of para-hydroxylation sites is 1. The van der Waals surface area contributed by atoms with Gasteiger partial charge in [0, 0.05) is 12.2 Å². The van der Waals surface area contributed by atoms with Crippen molar-refractivity contribution in [3.63, 3.8) is 0 Å². The van der Waals surface area contributed by atoms with E-state index in [1.54, 1.807) is 6.92 Å². The van der Waals surface area contributed by atoms with E-state index in [4.69, 9.17) is 5.11 Å². The van der Waals surface area contributed by atoms with Crippen LogP contribution in [0.4, 0.5) is 5.69 Å². The summed E-state index contributed by atoms with van der Waals surface area (Å²) in [4.78, 5) is 11.7. The predicted octanol–water partition coefficient (Wildman–Crippen LogP) is 0.904. The number of hydrogen-bond donors (Lipinski definition) is 3. The highest BCUT2D eigenvalue weighted by Gasteiger charge is 2.12. The van der Waals surface area contributed by atoms with E-state index in [0.29, 0.717) is 6.54 Å². The molecule has 0 heterocycles. The molecule has 16 heavy (non-hydrogen) atoms. The van der Waals surface area contributed by atoms with Crippen molar-refractivity contribution in [2.45, 2.75) is 19.9 Å². The summed E-state index contributed by atoms with van der Waals surface area (Å²) in [7, 11) is 0. The molecule has 1 atom stereocenters. The Hall–Kier alpha value is -1.39. The number of amides is 1. The Balaban J connectivity index is 2.54. The van der Waals surface area contributed by atoms with E-state index in [0.717, 1.165) is 11.3 Å². The molecule has 0 saturated carbocycles. The molecule has 0 aromatic heterocycles.